The maximum absolute atomic E-state index is 13.1. The lowest BCUT2D eigenvalue weighted by Gasteiger charge is -2.35. The summed E-state index contributed by atoms with van der Waals surface area (Å²) in [5.41, 5.74) is 4.22. The van der Waals surface area contributed by atoms with E-state index in [2.05, 4.69) is 32.4 Å². The van der Waals surface area contributed by atoms with Crippen LogP contribution in [0, 0.1) is 24.2 Å². The van der Waals surface area contributed by atoms with E-state index in [0.29, 0.717) is 11.5 Å². The van der Waals surface area contributed by atoms with Gasteiger partial charge in [-0.15, -0.1) is 0 Å². The Labute approximate surface area is 183 Å². The monoisotopic (exact) mass is 415 g/mol. The van der Waals surface area contributed by atoms with E-state index in [0.717, 1.165) is 79.9 Å². The number of para-hydroxylation sites is 2. The molecule has 0 radical (unpaired) electrons. The molecule has 2 aliphatic rings. The zero-order valence-electron chi connectivity index (χ0n) is 18.2. The minimum atomic E-state index is 0.129. The molecule has 0 unspecified atom stereocenters. The molecule has 4 heterocycles. The predicted molar refractivity (Wildman–Crippen MR) is 122 cm³/mol. The van der Waals surface area contributed by atoms with Crippen molar-refractivity contribution in [1.29, 1.82) is 5.26 Å². The number of imidazole rings is 1. The molecule has 0 spiro atoms. The van der Waals surface area contributed by atoms with Crippen LogP contribution in [0.3, 0.4) is 0 Å². The van der Waals surface area contributed by atoms with Gasteiger partial charge in [-0.1, -0.05) is 25.0 Å². The molecule has 5 rings (SSSR count). The van der Waals surface area contributed by atoms with Gasteiger partial charge in [-0.2, -0.15) is 5.26 Å². The van der Waals surface area contributed by atoms with Gasteiger partial charge in [-0.3, -0.25) is 9.20 Å². The van der Waals surface area contributed by atoms with Gasteiger partial charge in [0, 0.05) is 32.1 Å². The molecular formula is C25H29N5O. The number of aryl methyl sites for hydroxylation is 1. The molecule has 0 bridgehead atoms. The van der Waals surface area contributed by atoms with Gasteiger partial charge in [-0.05, 0) is 56.4 Å². The highest BCUT2D eigenvalue weighted by molar-refractivity contribution is 5.85. The maximum Gasteiger partial charge on any atom is 0.225 e. The highest BCUT2D eigenvalue weighted by Gasteiger charge is 2.30. The van der Waals surface area contributed by atoms with Crippen LogP contribution in [0.15, 0.2) is 30.3 Å². The van der Waals surface area contributed by atoms with Crippen molar-refractivity contribution in [2.24, 2.45) is 5.92 Å². The smallest absolute Gasteiger partial charge is 0.225 e. The summed E-state index contributed by atoms with van der Waals surface area (Å²) < 4.78 is 2.12. The molecule has 0 atom stereocenters. The van der Waals surface area contributed by atoms with Crippen molar-refractivity contribution in [2.45, 2.75) is 45.4 Å². The molecule has 6 heteroatoms. The van der Waals surface area contributed by atoms with Crippen LogP contribution in [0.2, 0.25) is 0 Å². The van der Waals surface area contributed by atoms with E-state index in [-0.39, 0.29) is 5.92 Å². The summed E-state index contributed by atoms with van der Waals surface area (Å²) in [6.45, 7) is 5.52. The third-order valence-electron chi connectivity index (χ3n) is 6.95. The molecule has 0 N–H and O–H groups in total. The maximum atomic E-state index is 13.1. The van der Waals surface area contributed by atoms with Crippen molar-refractivity contribution in [3.63, 3.8) is 0 Å². The molecule has 6 nitrogen and oxygen atoms in total. The Bertz CT molecular complexity index is 1160. The number of benzene rings is 1. The van der Waals surface area contributed by atoms with Crippen LogP contribution < -0.4 is 4.90 Å². The van der Waals surface area contributed by atoms with E-state index in [1.807, 2.05) is 25.1 Å². The SMILES string of the molecule is Cc1cc(N2CCC(C(=O)N3CCCCCC3)CC2)n2c(nc3ccccc32)c1C#N. The largest absolute Gasteiger partial charge is 0.358 e. The predicted octanol–water partition coefficient (Wildman–Crippen LogP) is 4.29. The number of fused-ring (bicyclic) bond motifs is 3. The average molecular weight is 416 g/mol. The molecule has 2 aromatic heterocycles. The van der Waals surface area contributed by atoms with Gasteiger partial charge in [-0.25, -0.2) is 4.98 Å². The fourth-order valence-electron chi connectivity index (χ4n) is 5.21. The average Bonchev–Trinajstić information content (AvgIpc) is 2.97. The minimum Gasteiger partial charge on any atom is -0.358 e. The van der Waals surface area contributed by atoms with Crippen molar-refractivity contribution in [1.82, 2.24) is 14.3 Å². The molecule has 1 amide bonds. The molecule has 1 aromatic carbocycles. The highest BCUT2D eigenvalue weighted by atomic mass is 16.2. The quantitative estimate of drug-likeness (QED) is 0.626. The number of carbonyl (C=O) groups excluding carboxylic acids is 1. The lowest BCUT2D eigenvalue weighted by Crippen LogP contribution is -2.43. The van der Waals surface area contributed by atoms with E-state index < -0.39 is 0 Å². The number of carbonyl (C=O) groups is 1. The summed E-state index contributed by atoms with van der Waals surface area (Å²) in [5, 5.41) is 9.72. The first-order valence-corrected chi connectivity index (χ1v) is 11.5. The number of piperidine rings is 1. The number of anilines is 1. The Balaban J connectivity index is 1.43. The Morgan fingerprint density at radius 3 is 2.48 bits per heavy atom. The van der Waals surface area contributed by atoms with Crippen LogP contribution in [-0.4, -0.2) is 46.4 Å². The molecular weight excluding hydrogens is 386 g/mol. The van der Waals surface area contributed by atoms with Crippen molar-refractivity contribution < 1.29 is 4.79 Å². The van der Waals surface area contributed by atoms with Crippen molar-refractivity contribution in [3.05, 3.63) is 41.5 Å². The van der Waals surface area contributed by atoms with Crippen LogP contribution in [0.25, 0.3) is 16.7 Å². The number of nitrogens with zero attached hydrogens (tertiary/aromatic N) is 5. The molecule has 160 valence electrons. The van der Waals surface area contributed by atoms with Gasteiger partial charge in [0.1, 0.15) is 11.9 Å². The summed E-state index contributed by atoms with van der Waals surface area (Å²) in [6, 6.07) is 12.5. The standard InChI is InChI=1S/C25H29N5O/c1-18-16-23(30-22-9-5-4-8-21(22)27-24(30)20(18)17-26)28-14-10-19(11-15-28)25(31)29-12-6-2-3-7-13-29/h4-5,8-9,16,19H,2-3,6-7,10-15H2,1H3. The van der Waals surface area contributed by atoms with Gasteiger partial charge in [0.05, 0.1) is 16.6 Å². The normalized spacial score (nSPS) is 18.3. The second-order valence-corrected chi connectivity index (χ2v) is 8.93. The number of pyridine rings is 1. The molecule has 0 saturated carbocycles. The van der Waals surface area contributed by atoms with Crippen LogP contribution >= 0.6 is 0 Å². The van der Waals surface area contributed by atoms with E-state index in [1.54, 1.807) is 0 Å². The fraction of sp³-hybridized carbons (Fsp3) is 0.480. The fourth-order valence-corrected chi connectivity index (χ4v) is 5.21. The van der Waals surface area contributed by atoms with E-state index in [4.69, 9.17) is 4.98 Å². The van der Waals surface area contributed by atoms with Crippen LogP contribution in [0.4, 0.5) is 5.82 Å². The summed E-state index contributed by atoms with van der Waals surface area (Å²) in [4.78, 5) is 22.3. The number of rotatable bonds is 2. The number of amides is 1. The van der Waals surface area contributed by atoms with E-state index in [1.165, 1.54) is 12.8 Å². The topological polar surface area (TPSA) is 64.6 Å². The van der Waals surface area contributed by atoms with E-state index >= 15 is 0 Å². The summed E-state index contributed by atoms with van der Waals surface area (Å²) in [6.07, 6.45) is 6.52. The number of likely N-dealkylation sites (tertiary alicyclic amines) is 1. The Morgan fingerprint density at radius 1 is 1.06 bits per heavy atom. The first kappa shape index (κ1) is 19.9. The van der Waals surface area contributed by atoms with Gasteiger partial charge in [0.2, 0.25) is 5.91 Å². The van der Waals surface area contributed by atoms with Gasteiger partial charge in [0.25, 0.3) is 0 Å². The third kappa shape index (κ3) is 3.52. The Kier molecular flexibility index (Phi) is 5.27. The minimum absolute atomic E-state index is 0.129. The zero-order valence-corrected chi connectivity index (χ0v) is 18.2. The van der Waals surface area contributed by atoms with Crippen molar-refractivity contribution in [2.75, 3.05) is 31.1 Å². The first-order chi connectivity index (χ1) is 15.2. The van der Waals surface area contributed by atoms with Crippen molar-refractivity contribution >= 4 is 28.4 Å². The summed E-state index contributed by atoms with van der Waals surface area (Å²) in [5.74, 6) is 1.56. The van der Waals surface area contributed by atoms with E-state index in [9.17, 15) is 10.1 Å². The van der Waals surface area contributed by atoms with Gasteiger partial charge in [0.15, 0.2) is 5.65 Å². The second kappa shape index (κ2) is 8.22. The van der Waals surface area contributed by atoms with Gasteiger partial charge < -0.3 is 9.80 Å². The lowest BCUT2D eigenvalue weighted by molar-refractivity contribution is -0.136. The van der Waals surface area contributed by atoms with Gasteiger partial charge >= 0.3 is 0 Å². The first-order valence-electron chi connectivity index (χ1n) is 11.5. The molecule has 2 fully saturated rings. The number of hydrogen-bond acceptors (Lipinski definition) is 4. The third-order valence-corrected chi connectivity index (χ3v) is 6.95. The summed E-state index contributed by atoms with van der Waals surface area (Å²) >= 11 is 0. The molecule has 2 saturated heterocycles. The molecule has 3 aromatic rings. The van der Waals surface area contributed by atoms with Crippen molar-refractivity contribution in [3.8, 4) is 6.07 Å². The van der Waals surface area contributed by atoms with Crippen LogP contribution in [0.5, 0.6) is 0 Å². The molecule has 31 heavy (non-hydrogen) atoms. The summed E-state index contributed by atoms with van der Waals surface area (Å²) in [7, 11) is 0. The number of aromatic nitrogens is 2. The zero-order chi connectivity index (χ0) is 21.4. The van der Waals surface area contributed by atoms with Crippen LogP contribution in [0.1, 0.15) is 49.7 Å². The Hall–Kier alpha value is -3.07. The second-order valence-electron chi connectivity index (χ2n) is 8.93. The Morgan fingerprint density at radius 2 is 1.77 bits per heavy atom. The molecule has 0 aliphatic carbocycles. The highest BCUT2D eigenvalue weighted by Crippen LogP contribution is 2.31. The number of nitriles is 1. The number of hydrogen-bond donors (Lipinski definition) is 0. The molecule has 2 aliphatic heterocycles. The van der Waals surface area contributed by atoms with Crippen LogP contribution in [-0.2, 0) is 4.79 Å². The lowest BCUT2D eigenvalue weighted by atomic mass is 9.95.